The van der Waals surface area contributed by atoms with E-state index < -0.39 is 0 Å². The number of hydrogen-bond acceptors (Lipinski definition) is 4. The van der Waals surface area contributed by atoms with Crippen molar-refractivity contribution in [3.8, 4) is 0 Å². The third-order valence-electron chi connectivity index (χ3n) is 2.40. The molecule has 0 unspecified atom stereocenters. The van der Waals surface area contributed by atoms with E-state index in [1.165, 1.54) is 4.88 Å². The zero-order chi connectivity index (χ0) is 13.1. The van der Waals surface area contributed by atoms with Crippen molar-refractivity contribution >= 4 is 46.0 Å². The number of thiocarbonyl (C=S) groups is 1. The van der Waals surface area contributed by atoms with Crippen LogP contribution in [0.5, 0.6) is 0 Å². The van der Waals surface area contributed by atoms with Gasteiger partial charge in [0.15, 0.2) is 0 Å². The smallest absolute Gasteiger partial charge is 0.129 e. The molecule has 94 valence electrons. The van der Waals surface area contributed by atoms with Crippen LogP contribution in [0, 0.1) is 0 Å². The van der Waals surface area contributed by atoms with Crippen molar-refractivity contribution in [3.05, 3.63) is 45.2 Å². The number of aromatic nitrogens is 1. The molecule has 0 radical (unpaired) electrons. The number of hydrogen-bond donors (Lipinski definition) is 1. The summed E-state index contributed by atoms with van der Waals surface area (Å²) in [5.74, 6) is 0.838. The summed E-state index contributed by atoms with van der Waals surface area (Å²) in [7, 11) is 1.97. The fourth-order valence-corrected chi connectivity index (χ4v) is 2.78. The van der Waals surface area contributed by atoms with Gasteiger partial charge in [-0.3, -0.25) is 0 Å². The molecule has 0 atom stereocenters. The minimum Gasteiger partial charge on any atom is -0.388 e. The van der Waals surface area contributed by atoms with Gasteiger partial charge in [-0.1, -0.05) is 29.9 Å². The third-order valence-corrected chi connectivity index (χ3v) is 3.82. The van der Waals surface area contributed by atoms with Crippen LogP contribution >= 0.6 is 35.2 Å². The predicted molar refractivity (Wildman–Crippen MR) is 81.6 cm³/mol. The zero-order valence-electron chi connectivity index (χ0n) is 9.76. The zero-order valence-corrected chi connectivity index (χ0v) is 12.1. The highest BCUT2D eigenvalue weighted by molar-refractivity contribution is 7.80. The van der Waals surface area contributed by atoms with Crippen LogP contribution in [-0.4, -0.2) is 17.0 Å². The fourth-order valence-electron chi connectivity index (χ4n) is 1.52. The van der Waals surface area contributed by atoms with Gasteiger partial charge >= 0.3 is 0 Å². The molecule has 0 aliphatic heterocycles. The van der Waals surface area contributed by atoms with Gasteiger partial charge in [0.05, 0.1) is 16.6 Å². The number of halogens is 1. The average molecular weight is 298 g/mol. The number of pyridine rings is 1. The lowest BCUT2D eigenvalue weighted by atomic mass is 10.3. The minimum atomic E-state index is 0.310. The molecule has 2 N–H and O–H groups in total. The van der Waals surface area contributed by atoms with E-state index in [-0.39, 0.29) is 0 Å². The maximum atomic E-state index is 5.91. The molecule has 0 aliphatic carbocycles. The quantitative estimate of drug-likeness (QED) is 0.881. The maximum absolute atomic E-state index is 5.91. The van der Waals surface area contributed by atoms with Crippen molar-refractivity contribution < 1.29 is 0 Å². The van der Waals surface area contributed by atoms with Gasteiger partial charge in [0.2, 0.25) is 0 Å². The highest BCUT2D eigenvalue weighted by Crippen LogP contribution is 2.23. The van der Waals surface area contributed by atoms with Gasteiger partial charge in [-0.25, -0.2) is 4.98 Å². The maximum Gasteiger partial charge on any atom is 0.129 e. The Balaban J connectivity index is 2.15. The Morgan fingerprint density at radius 3 is 2.83 bits per heavy atom. The lowest BCUT2D eigenvalue weighted by molar-refractivity contribution is 0.911. The van der Waals surface area contributed by atoms with Gasteiger partial charge in [-0.05, 0) is 24.3 Å². The van der Waals surface area contributed by atoms with E-state index in [1.807, 2.05) is 42.3 Å². The first-order chi connectivity index (χ1) is 8.56. The second-order valence-electron chi connectivity index (χ2n) is 3.81. The molecule has 2 aromatic rings. The second-order valence-corrected chi connectivity index (χ2v) is 6.05. The number of anilines is 1. The van der Waals surface area contributed by atoms with Crippen LogP contribution in [-0.2, 0) is 6.54 Å². The Bertz CT molecular complexity index is 568. The van der Waals surface area contributed by atoms with E-state index in [2.05, 4.69) is 4.98 Å². The summed E-state index contributed by atoms with van der Waals surface area (Å²) in [5, 5.41) is 0. The van der Waals surface area contributed by atoms with Crippen LogP contribution in [0.4, 0.5) is 5.82 Å². The van der Waals surface area contributed by atoms with Crippen molar-refractivity contribution in [2.75, 3.05) is 11.9 Å². The minimum absolute atomic E-state index is 0.310. The molecule has 2 rings (SSSR count). The molecule has 0 aromatic carbocycles. The molecular formula is C12H12ClN3S2. The Morgan fingerprint density at radius 2 is 2.22 bits per heavy atom. The van der Waals surface area contributed by atoms with Crippen molar-refractivity contribution in [1.82, 2.24) is 4.98 Å². The van der Waals surface area contributed by atoms with Crippen LogP contribution < -0.4 is 10.6 Å². The predicted octanol–water partition coefficient (Wildman–Crippen LogP) is 3.07. The lowest BCUT2D eigenvalue weighted by Gasteiger charge is -2.17. The van der Waals surface area contributed by atoms with Gasteiger partial charge in [-0.15, -0.1) is 11.3 Å². The SMILES string of the molecule is CN(Cc1ccc(Cl)s1)c1cccc(C(N)=S)n1. The summed E-state index contributed by atoms with van der Waals surface area (Å²) >= 11 is 12.4. The Morgan fingerprint density at radius 1 is 1.44 bits per heavy atom. The summed E-state index contributed by atoms with van der Waals surface area (Å²) in [5.41, 5.74) is 6.21. The van der Waals surface area contributed by atoms with E-state index in [4.69, 9.17) is 29.6 Å². The van der Waals surface area contributed by atoms with E-state index in [0.29, 0.717) is 10.7 Å². The molecule has 2 aromatic heterocycles. The van der Waals surface area contributed by atoms with Gasteiger partial charge in [0.25, 0.3) is 0 Å². The third kappa shape index (κ3) is 3.19. The normalized spacial score (nSPS) is 10.3. The summed E-state index contributed by atoms with van der Waals surface area (Å²) < 4.78 is 0.795. The second kappa shape index (κ2) is 5.65. The summed E-state index contributed by atoms with van der Waals surface area (Å²) in [6, 6.07) is 9.54. The Labute approximate surface area is 120 Å². The molecule has 0 saturated heterocycles. The first-order valence-corrected chi connectivity index (χ1v) is 6.89. The van der Waals surface area contributed by atoms with E-state index in [9.17, 15) is 0 Å². The van der Waals surface area contributed by atoms with Crippen molar-refractivity contribution in [1.29, 1.82) is 0 Å². The van der Waals surface area contributed by atoms with E-state index in [0.717, 1.165) is 16.7 Å². The summed E-state index contributed by atoms with van der Waals surface area (Å²) in [6.45, 7) is 0.755. The molecule has 0 fully saturated rings. The van der Waals surface area contributed by atoms with Crippen LogP contribution in [0.25, 0.3) is 0 Å². The summed E-state index contributed by atoms with van der Waals surface area (Å²) in [4.78, 5) is 7.93. The summed E-state index contributed by atoms with van der Waals surface area (Å²) in [6.07, 6.45) is 0. The van der Waals surface area contributed by atoms with Gasteiger partial charge in [0.1, 0.15) is 10.8 Å². The standard InChI is InChI=1S/C12H12ClN3S2/c1-16(7-8-5-6-10(13)18-8)11-4-2-3-9(15-11)12(14)17/h2-6H,7H2,1H3,(H2,14,17). The molecule has 18 heavy (non-hydrogen) atoms. The molecule has 0 saturated carbocycles. The molecule has 0 bridgehead atoms. The molecule has 0 spiro atoms. The van der Waals surface area contributed by atoms with Crippen LogP contribution in [0.3, 0.4) is 0 Å². The number of nitrogens with two attached hydrogens (primary N) is 1. The van der Waals surface area contributed by atoms with Gasteiger partial charge in [0, 0.05) is 11.9 Å². The van der Waals surface area contributed by atoms with E-state index in [1.54, 1.807) is 11.3 Å². The lowest BCUT2D eigenvalue weighted by Crippen LogP contribution is -2.19. The molecule has 6 heteroatoms. The first kappa shape index (κ1) is 13.3. The van der Waals surface area contributed by atoms with Crippen molar-refractivity contribution in [2.45, 2.75) is 6.54 Å². The number of rotatable bonds is 4. The Kier molecular flexibility index (Phi) is 4.16. The van der Waals surface area contributed by atoms with Gasteiger partial charge in [-0.2, -0.15) is 0 Å². The molecule has 0 aliphatic rings. The number of thiophene rings is 1. The number of nitrogens with zero attached hydrogens (tertiary/aromatic N) is 2. The highest BCUT2D eigenvalue weighted by Gasteiger charge is 2.07. The van der Waals surface area contributed by atoms with Gasteiger partial charge < -0.3 is 10.6 Å². The Hall–Kier alpha value is -1.17. The molecule has 0 amide bonds. The van der Waals surface area contributed by atoms with Crippen LogP contribution in [0.1, 0.15) is 10.6 Å². The van der Waals surface area contributed by atoms with Crippen molar-refractivity contribution in [2.24, 2.45) is 5.73 Å². The van der Waals surface area contributed by atoms with E-state index >= 15 is 0 Å². The largest absolute Gasteiger partial charge is 0.388 e. The molecular weight excluding hydrogens is 286 g/mol. The molecule has 3 nitrogen and oxygen atoms in total. The van der Waals surface area contributed by atoms with Crippen molar-refractivity contribution in [3.63, 3.8) is 0 Å². The average Bonchev–Trinajstić information content (AvgIpc) is 2.75. The molecule has 2 heterocycles. The topological polar surface area (TPSA) is 42.1 Å². The van der Waals surface area contributed by atoms with Crippen LogP contribution in [0.2, 0.25) is 4.34 Å². The first-order valence-electron chi connectivity index (χ1n) is 5.28. The van der Waals surface area contributed by atoms with Crippen LogP contribution in [0.15, 0.2) is 30.3 Å². The fraction of sp³-hybridized carbons (Fsp3) is 0.167. The monoisotopic (exact) mass is 297 g/mol. The highest BCUT2D eigenvalue weighted by atomic mass is 35.5.